The van der Waals surface area contributed by atoms with Crippen molar-refractivity contribution in [3.8, 4) is 11.4 Å². The molecule has 0 saturated carbocycles. The van der Waals surface area contributed by atoms with Gasteiger partial charge in [0.05, 0.1) is 34.5 Å². The summed E-state index contributed by atoms with van der Waals surface area (Å²) in [5.74, 6) is 0.0637. The van der Waals surface area contributed by atoms with E-state index >= 15 is 0 Å². The highest BCUT2D eigenvalue weighted by Gasteiger charge is 2.30. The van der Waals surface area contributed by atoms with Crippen molar-refractivity contribution in [2.45, 2.75) is 11.8 Å². The van der Waals surface area contributed by atoms with Crippen molar-refractivity contribution in [3.63, 3.8) is 0 Å². The monoisotopic (exact) mass is 496 g/mol. The third kappa shape index (κ3) is 4.50. The first-order chi connectivity index (χ1) is 15.3. The number of sulfonamides is 1. The zero-order valence-electron chi connectivity index (χ0n) is 16.8. The smallest absolute Gasteiger partial charge is 0.257 e. The van der Waals surface area contributed by atoms with Crippen LogP contribution in [0.15, 0.2) is 45.8 Å². The Bertz CT molecular complexity index is 1270. The highest BCUT2D eigenvalue weighted by atomic mass is 35.5. The summed E-state index contributed by atoms with van der Waals surface area (Å²) < 4.78 is 37.7. The molecule has 0 spiro atoms. The number of hydrogen-bond donors (Lipinski definition) is 1. The van der Waals surface area contributed by atoms with E-state index in [4.69, 9.17) is 32.5 Å². The quantitative estimate of drug-likeness (QED) is 0.573. The van der Waals surface area contributed by atoms with E-state index in [0.717, 1.165) is 0 Å². The molecule has 1 fully saturated rings. The average Bonchev–Trinajstić information content (AvgIpc) is 3.20. The van der Waals surface area contributed by atoms with Crippen molar-refractivity contribution >= 4 is 44.8 Å². The van der Waals surface area contributed by atoms with Gasteiger partial charge in [0.2, 0.25) is 21.7 Å². The first kappa shape index (κ1) is 22.7. The molecule has 2 heterocycles. The van der Waals surface area contributed by atoms with E-state index in [-0.39, 0.29) is 46.8 Å². The normalized spacial score (nSPS) is 15.0. The highest BCUT2D eigenvalue weighted by molar-refractivity contribution is 7.89. The molecule has 1 aliphatic rings. The van der Waals surface area contributed by atoms with Gasteiger partial charge in [-0.3, -0.25) is 4.79 Å². The number of anilines is 1. The maximum Gasteiger partial charge on any atom is 0.257 e. The molecule has 0 radical (unpaired) electrons. The molecule has 1 amide bonds. The Balaban J connectivity index is 1.68. The first-order valence-corrected chi connectivity index (χ1v) is 11.7. The minimum absolute atomic E-state index is 0.0151. The number of nitrogens with one attached hydrogen (secondary N) is 1. The SMILES string of the molecule is Cc1nc(-c2ccccc2NC(=O)c2cc(S(=O)(=O)N3CCOCC3)c(Cl)cc2Cl)no1. The van der Waals surface area contributed by atoms with Crippen molar-refractivity contribution in [3.05, 3.63) is 57.9 Å². The molecule has 4 rings (SSSR count). The van der Waals surface area contributed by atoms with E-state index in [1.807, 2.05) is 0 Å². The summed E-state index contributed by atoms with van der Waals surface area (Å²) in [6.07, 6.45) is 0. The summed E-state index contributed by atoms with van der Waals surface area (Å²) >= 11 is 12.4. The number of nitrogens with zero attached hydrogens (tertiary/aromatic N) is 3. The number of aryl methyl sites for hydroxylation is 1. The summed E-state index contributed by atoms with van der Waals surface area (Å²) in [7, 11) is -3.94. The third-order valence-electron chi connectivity index (χ3n) is 4.80. The number of hydrogen-bond acceptors (Lipinski definition) is 7. The number of carbonyl (C=O) groups excluding carboxylic acids is 1. The lowest BCUT2D eigenvalue weighted by Crippen LogP contribution is -2.40. The second-order valence-corrected chi connectivity index (χ2v) is 9.64. The van der Waals surface area contributed by atoms with Gasteiger partial charge in [0.25, 0.3) is 5.91 Å². The molecule has 9 nitrogen and oxygen atoms in total. The van der Waals surface area contributed by atoms with E-state index in [9.17, 15) is 13.2 Å². The number of benzene rings is 2. The number of morpholine rings is 1. The number of ether oxygens (including phenoxy) is 1. The zero-order chi connectivity index (χ0) is 22.9. The van der Waals surface area contributed by atoms with Gasteiger partial charge in [0.1, 0.15) is 4.90 Å². The molecule has 12 heteroatoms. The second-order valence-electron chi connectivity index (χ2n) is 6.92. The Kier molecular flexibility index (Phi) is 6.50. The van der Waals surface area contributed by atoms with Crippen molar-refractivity contribution in [2.24, 2.45) is 0 Å². The molecular weight excluding hydrogens is 479 g/mol. The van der Waals surface area contributed by atoms with E-state index in [2.05, 4.69) is 15.5 Å². The number of rotatable bonds is 5. The van der Waals surface area contributed by atoms with E-state index < -0.39 is 15.9 Å². The van der Waals surface area contributed by atoms with Gasteiger partial charge in [-0.05, 0) is 24.3 Å². The van der Waals surface area contributed by atoms with Crippen LogP contribution in [0.5, 0.6) is 0 Å². The Labute approximate surface area is 194 Å². The molecule has 3 aromatic rings. The number of para-hydroxylation sites is 1. The van der Waals surface area contributed by atoms with Gasteiger partial charge in [-0.15, -0.1) is 0 Å². The molecule has 0 unspecified atom stereocenters. The number of aromatic nitrogens is 2. The molecule has 1 aromatic heterocycles. The molecule has 2 aromatic carbocycles. The van der Waals surface area contributed by atoms with E-state index in [1.54, 1.807) is 31.2 Å². The summed E-state index contributed by atoms with van der Waals surface area (Å²) in [6.45, 7) is 2.61. The zero-order valence-corrected chi connectivity index (χ0v) is 19.2. The predicted octanol–water partition coefficient (Wildman–Crippen LogP) is 3.63. The maximum atomic E-state index is 13.1. The van der Waals surface area contributed by atoms with Gasteiger partial charge in [-0.25, -0.2) is 8.42 Å². The largest absolute Gasteiger partial charge is 0.379 e. The molecule has 1 N–H and O–H groups in total. The Hall–Kier alpha value is -2.50. The van der Waals surface area contributed by atoms with Crippen LogP contribution in [-0.2, 0) is 14.8 Å². The van der Waals surface area contributed by atoms with Crippen LogP contribution in [0.4, 0.5) is 5.69 Å². The Morgan fingerprint density at radius 3 is 2.53 bits per heavy atom. The first-order valence-electron chi connectivity index (χ1n) is 9.55. The van der Waals surface area contributed by atoms with Crippen molar-refractivity contribution in [1.82, 2.24) is 14.4 Å². The minimum Gasteiger partial charge on any atom is -0.379 e. The Morgan fingerprint density at radius 1 is 1.12 bits per heavy atom. The maximum absolute atomic E-state index is 13.1. The third-order valence-corrected chi connectivity index (χ3v) is 7.47. The fourth-order valence-electron chi connectivity index (χ4n) is 3.21. The van der Waals surface area contributed by atoms with Gasteiger partial charge in [-0.2, -0.15) is 9.29 Å². The molecule has 0 bridgehead atoms. The van der Waals surface area contributed by atoms with Gasteiger partial charge in [-0.1, -0.05) is 40.5 Å². The van der Waals surface area contributed by atoms with Gasteiger partial charge < -0.3 is 14.6 Å². The molecule has 168 valence electrons. The fourth-order valence-corrected chi connectivity index (χ4v) is 5.45. The van der Waals surface area contributed by atoms with Crippen molar-refractivity contribution in [1.29, 1.82) is 0 Å². The van der Waals surface area contributed by atoms with Crippen LogP contribution in [0.1, 0.15) is 16.2 Å². The van der Waals surface area contributed by atoms with Crippen LogP contribution in [0, 0.1) is 6.92 Å². The van der Waals surface area contributed by atoms with E-state index in [1.165, 1.54) is 16.4 Å². The highest BCUT2D eigenvalue weighted by Crippen LogP contribution is 2.32. The van der Waals surface area contributed by atoms with Gasteiger partial charge in [0, 0.05) is 25.6 Å². The summed E-state index contributed by atoms with van der Waals surface area (Å²) in [6, 6.07) is 9.31. The van der Waals surface area contributed by atoms with E-state index in [0.29, 0.717) is 23.0 Å². The molecule has 1 aliphatic heterocycles. The summed E-state index contributed by atoms with van der Waals surface area (Å²) in [4.78, 5) is 17.0. The topological polar surface area (TPSA) is 115 Å². The van der Waals surface area contributed by atoms with Crippen LogP contribution in [0.2, 0.25) is 10.0 Å². The molecule has 0 aliphatic carbocycles. The molecule has 32 heavy (non-hydrogen) atoms. The van der Waals surface area contributed by atoms with Crippen LogP contribution >= 0.6 is 23.2 Å². The molecular formula is C20H18Cl2N4O5S. The number of halogens is 2. The Morgan fingerprint density at radius 2 is 1.84 bits per heavy atom. The van der Waals surface area contributed by atoms with Gasteiger partial charge in [0.15, 0.2) is 0 Å². The minimum atomic E-state index is -3.94. The summed E-state index contributed by atoms with van der Waals surface area (Å²) in [5.41, 5.74) is 0.896. The second kappa shape index (κ2) is 9.16. The molecule has 0 atom stereocenters. The van der Waals surface area contributed by atoms with Crippen LogP contribution in [0.25, 0.3) is 11.4 Å². The fraction of sp³-hybridized carbons (Fsp3) is 0.250. The van der Waals surface area contributed by atoms with Crippen molar-refractivity contribution in [2.75, 3.05) is 31.6 Å². The van der Waals surface area contributed by atoms with Crippen LogP contribution in [0.3, 0.4) is 0 Å². The van der Waals surface area contributed by atoms with Crippen LogP contribution in [-0.4, -0.2) is 55.1 Å². The lowest BCUT2D eigenvalue weighted by atomic mass is 10.1. The number of amides is 1. The lowest BCUT2D eigenvalue weighted by molar-refractivity contribution is 0.0730. The average molecular weight is 497 g/mol. The van der Waals surface area contributed by atoms with Crippen molar-refractivity contribution < 1.29 is 22.5 Å². The number of carbonyl (C=O) groups is 1. The summed E-state index contributed by atoms with van der Waals surface area (Å²) in [5, 5.41) is 6.56. The van der Waals surface area contributed by atoms with Crippen LogP contribution < -0.4 is 5.32 Å². The lowest BCUT2D eigenvalue weighted by Gasteiger charge is -2.26. The molecule has 1 saturated heterocycles. The predicted molar refractivity (Wildman–Crippen MR) is 118 cm³/mol. The van der Waals surface area contributed by atoms with Gasteiger partial charge >= 0.3 is 0 Å². The standard InChI is InChI=1S/C20H18Cl2N4O5S/c1-12-23-19(25-31-12)13-4-2-3-5-17(13)24-20(27)14-10-18(16(22)11-15(14)21)32(28,29)26-6-8-30-9-7-26/h2-5,10-11H,6-9H2,1H3,(H,24,27).